The number of nitrogens with zero attached hydrogens (tertiary/aromatic N) is 4. The lowest BCUT2D eigenvalue weighted by Crippen LogP contribution is -2.22. The molecule has 2 amide bonds. The average molecular weight is 288 g/mol. The zero-order valence-electron chi connectivity index (χ0n) is 11.3. The first-order chi connectivity index (χ1) is 9.95. The van der Waals surface area contributed by atoms with Gasteiger partial charge in [-0.3, -0.25) is 10.3 Å². The van der Waals surface area contributed by atoms with E-state index < -0.39 is 12.0 Å². The molecule has 108 valence electrons. The number of carboxylic acid groups (broad SMARTS) is 1. The van der Waals surface area contributed by atoms with Gasteiger partial charge in [0.05, 0.1) is 28.8 Å². The molecule has 0 aromatic carbocycles. The summed E-state index contributed by atoms with van der Waals surface area (Å²) in [5, 5.41) is 21.2. The van der Waals surface area contributed by atoms with Crippen molar-refractivity contribution in [2.24, 2.45) is 0 Å². The maximum atomic E-state index is 11.8. The van der Waals surface area contributed by atoms with Crippen molar-refractivity contribution in [3.63, 3.8) is 0 Å². The maximum Gasteiger partial charge on any atom is 0.337 e. The summed E-state index contributed by atoms with van der Waals surface area (Å²) in [4.78, 5) is 30.3. The molecule has 0 atom stereocenters. The van der Waals surface area contributed by atoms with Gasteiger partial charge in [-0.15, -0.1) is 5.10 Å². The van der Waals surface area contributed by atoms with E-state index in [9.17, 15) is 9.59 Å². The summed E-state index contributed by atoms with van der Waals surface area (Å²) < 4.78 is 0. The number of nitrogens with one attached hydrogen (secondary N) is 2. The number of hydrogen-bond donors (Lipinski definition) is 3. The third kappa shape index (κ3) is 3.69. The van der Waals surface area contributed by atoms with Gasteiger partial charge in [0.1, 0.15) is 0 Å². The Morgan fingerprint density at radius 1 is 1.10 bits per heavy atom. The Morgan fingerprint density at radius 3 is 2.52 bits per heavy atom. The number of aryl methyl sites for hydroxylation is 2. The first-order valence-corrected chi connectivity index (χ1v) is 5.90. The molecule has 2 aromatic heterocycles. The van der Waals surface area contributed by atoms with Gasteiger partial charge < -0.3 is 10.4 Å². The fraction of sp³-hybridized carbons (Fsp3) is 0.167. The van der Waals surface area contributed by atoms with Gasteiger partial charge >= 0.3 is 12.0 Å². The molecule has 0 aliphatic rings. The zero-order chi connectivity index (χ0) is 15.4. The molecule has 0 spiro atoms. The molecule has 2 heterocycles. The standard InChI is InChI=1S/C12H12N6O3/c1-6-7(2)17-18-11(14-6)16-12(21)15-9-3-8(10(19)20)4-13-5-9/h3-5H,1-2H3,(H,19,20)(H2,14,15,16,18,21). The molecular formula is C12H12N6O3. The highest BCUT2D eigenvalue weighted by Crippen LogP contribution is 2.09. The van der Waals surface area contributed by atoms with Crippen LogP contribution in [0.1, 0.15) is 21.7 Å². The molecule has 0 radical (unpaired) electrons. The van der Waals surface area contributed by atoms with Gasteiger partial charge in [0.2, 0.25) is 0 Å². The SMILES string of the molecule is Cc1nnc(NC(=O)Nc2cncc(C(=O)O)c2)nc1C. The Morgan fingerprint density at radius 2 is 1.86 bits per heavy atom. The predicted molar refractivity (Wildman–Crippen MR) is 73.1 cm³/mol. The van der Waals surface area contributed by atoms with E-state index in [1.165, 1.54) is 18.5 Å². The van der Waals surface area contributed by atoms with Crippen LogP contribution in [0.4, 0.5) is 16.4 Å². The number of aromatic carboxylic acids is 1. The molecule has 0 bridgehead atoms. The lowest BCUT2D eigenvalue weighted by Gasteiger charge is -2.07. The number of carbonyl (C=O) groups is 2. The van der Waals surface area contributed by atoms with E-state index in [2.05, 4.69) is 30.8 Å². The number of pyridine rings is 1. The van der Waals surface area contributed by atoms with E-state index >= 15 is 0 Å². The second-order valence-corrected chi connectivity index (χ2v) is 4.15. The second kappa shape index (κ2) is 5.90. The molecule has 0 saturated carbocycles. The molecule has 2 aromatic rings. The molecule has 3 N–H and O–H groups in total. The minimum absolute atomic E-state index is 0.0307. The number of anilines is 2. The van der Waals surface area contributed by atoms with Gasteiger partial charge in [0.25, 0.3) is 5.95 Å². The minimum atomic E-state index is -1.13. The third-order valence-corrected chi connectivity index (χ3v) is 2.56. The molecular weight excluding hydrogens is 276 g/mol. The molecule has 0 saturated heterocycles. The second-order valence-electron chi connectivity index (χ2n) is 4.15. The van der Waals surface area contributed by atoms with Crippen molar-refractivity contribution >= 4 is 23.6 Å². The van der Waals surface area contributed by atoms with Crippen molar-refractivity contribution in [1.82, 2.24) is 20.2 Å². The Balaban J connectivity index is 2.06. The van der Waals surface area contributed by atoms with Crippen LogP contribution in [0.2, 0.25) is 0 Å². The van der Waals surface area contributed by atoms with E-state index in [-0.39, 0.29) is 17.2 Å². The number of hydrogen-bond acceptors (Lipinski definition) is 6. The van der Waals surface area contributed by atoms with Gasteiger partial charge in [-0.1, -0.05) is 0 Å². The van der Waals surface area contributed by atoms with Crippen LogP contribution in [0.5, 0.6) is 0 Å². The third-order valence-electron chi connectivity index (χ3n) is 2.56. The monoisotopic (exact) mass is 288 g/mol. The lowest BCUT2D eigenvalue weighted by atomic mass is 10.3. The van der Waals surface area contributed by atoms with Crippen LogP contribution in [0.15, 0.2) is 18.5 Å². The Bertz CT molecular complexity index is 703. The highest BCUT2D eigenvalue weighted by Gasteiger charge is 2.09. The first kappa shape index (κ1) is 14.3. The van der Waals surface area contributed by atoms with Crippen molar-refractivity contribution in [3.05, 3.63) is 35.4 Å². The quantitative estimate of drug-likeness (QED) is 0.774. The Hall–Kier alpha value is -3.10. The number of rotatable bonds is 3. The highest BCUT2D eigenvalue weighted by atomic mass is 16.4. The topological polar surface area (TPSA) is 130 Å². The average Bonchev–Trinajstić information content (AvgIpc) is 2.43. The van der Waals surface area contributed by atoms with Crippen LogP contribution in [-0.2, 0) is 0 Å². The fourth-order valence-electron chi connectivity index (χ4n) is 1.40. The Kier molecular flexibility index (Phi) is 4.02. The highest BCUT2D eigenvalue weighted by molar-refractivity contribution is 5.99. The van der Waals surface area contributed by atoms with Crippen LogP contribution in [0, 0.1) is 13.8 Å². The summed E-state index contributed by atoms with van der Waals surface area (Å²) in [5.41, 5.74) is 1.52. The molecule has 9 heteroatoms. The molecule has 21 heavy (non-hydrogen) atoms. The van der Waals surface area contributed by atoms with Gasteiger partial charge in [-0.05, 0) is 19.9 Å². The van der Waals surface area contributed by atoms with Crippen LogP contribution in [-0.4, -0.2) is 37.3 Å². The largest absolute Gasteiger partial charge is 0.478 e. The van der Waals surface area contributed by atoms with Gasteiger partial charge in [0, 0.05) is 6.20 Å². The van der Waals surface area contributed by atoms with Crippen molar-refractivity contribution in [1.29, 1.82) is 0 Å². The normalized spacial score (nSPS) is 10.0. The maximum absolute atomic E-state index is 11.8. The smallest absolute Gasteiger partial charge is 0.337 e. The summed E-state index contributed by atoms with van der Waals surface area (Å²) in [5.74, 6) is -1.08. The van der Waals surface area contributed by atoms with Crippen molar-refractivity contribution < 1.29 is 14.7 Å². The van der Waals surface area contributed by atoms with Crippen LogP contribution in [0.25, 0.3) is 0 Å². The number of carboxylic acids is 1. The number of amides is 2. The minimum Gasteiger partial charge on any atom is -0.478 e. The summed E-state index contributed by atoms with van der Waals surface area (Å²) in [7, 11) is 0. The van der Waals surface area contributed by atoms with E-state index in [1.54, 1.807) is 13.8 Å². The molecule has 0 aliphatic carbocycles. The Labute approximate surface area is 119 Å². The first-order valence-electron chi connectivity index (χ1n) is 5.90. The van der Waals surface area contributed by atoms with Crippen LogP contribution < -0.4 is 10.6 Å². The molecule has 2 rings (SSSR count). The molecule has 0 aliphatic heterocycles. The van der Waals surface area contributed by atoms with Crippen molar-refractivity contribution in [3.8, 4) is 0 Å². The predicted octanol–water partition coefficient (Wildman–Crippen LogP) is 1.23. The van der Waals surface area contributed by atoms with Crippen LogP contribution >= 0.6 is 0 Å². The van der Waals surface area contributed by atoms with E-state index in [4.69, 9.17) is 5.11 Å². The summed E-state index contributed by atoms with van der Waals surface area (Å²) >= 11 is 0. The van der Waals surface area contributed by atoms with Gasteiger partial charge in [-0.25, -0.2) is 14.6 Å². The number of carbonyl (C=O) groups excluding carboxylic acids is 1. The van der Waals surface area contributed by atoms with Crippen molar-refractivity contribution in [2.75, 3.05) is 10.6 Å². The van der Waals surface area contributed by atoms with E-state index in [1.807, 2.05) is 0 Å². The summed E-state index contributed by atoms with van der Waals surface area (Å²) in [6.07, 6.45) is 2.51. The summed E-state index contributed by atoms with van der Waals surface area (Å²) in [6, 6.07) is 0.665. The fourth-order valence-corrected chi connectivity index (χ4v) is 1.40. The lowest BCUT2D eigenvalue weighted by molar-refractivity contribution is 0.0696. The van der Waals surface area contributed by atoms with E-state index in [0.29, 0.717) is 11.4 Å². The summed E-state index contributed by atoms with van der Waals surface area (Å²) in [6.45, 7) is 3.50. The zero-order valence-corrected chi connectivity index (χ0v) is 11.3. The van der Waals surface area contributed by atoms with Gasteiger partial charge in [-0.2, -0.15) is 5.10 Å². The molecule has 0 fully saturated rings. The van der Waals surface area contributed by atoms with Crippen molar-refractivity contribution in [2.45, 2.75) is 13.8 Å². The van der Waals surface area contributed by atoms with E-state index in [0.717, 1.165) is 0 Å². The molecule has 0 unspecified atom stereocenters. The van der Waals surface area contributed by atoms with Gasteiger partial charge in [0.15, 0.2) is 0 Å². The molecule has 9 nitrogen and oxygen atoms in total. The number of aromatic nitrogens is 4. The van der Waals surface area contributed by atoms with Crippen LogP contribution in [0.3, 0.4) is 0 Å². The number of urea groups is 1.